The number of nitro groups is 2. The molecular formula is C36H36N8O8. The molecule has 1 saturated heterocycles. The first-order chi connectivity index (χ1) is 24.8. The SMILES string of the molecule is CN(C)CCN1C(=O)c2cccc3c(N4CCN(c5c([N+](=O)[O-])cc6c7c(cccc57)C(=O)N(CCN(C)C)C6=O)CC4)c([N+](=O)[O-])cc(c23)C1=O. The number of carbonyl (C=O) groups excluding carboxylic acids is 4. The molecule has 16 nitrogen and oxygen atoms in total. The van der Waals surface area contributed by atoms with Gasteiger partial charge in [-0.05, 0) is 40.3 Å². The second-order valence-corrected chi connectivity index (χ2v) is 13.7. The summed E-state index contributed by atoms with van der Waals surface area (Å²) >= 11 is 0. The van der Waals surface area contributed by atoms with E-state index in [9.17, 15) is 39.4 Å². The van der Waals surface area contributed by atoms with Crippen molar-refractivity contribution in [3.8, 4) is 0 Å². The second kappa shape index (κ2) is 13.0. The van der Waals surface area contributed by atoms with Gasteiger partial charge in [0.05, 0.1) is 21.0 Å². The fourth-order valence-corrected chi connectivity index (χ4v) is 7.47. The van der Waals surface area contributed by atoms with Gasteiger partial charge < -0.3 is 19.6 Å². The number of nitrogens with zero attached hydrogens (tertiary/aromatic N) is 8. The Hall–Kier alpha value is -6.00. The molecule has 0 aromatic heterocycles. The van der Waals surface area contributed by atoms with Crippen LogP contribution < -0.4 is 9.80 Å². The van der Waals surface area contributed by atoms with Crippen molar-refractivity contribution < 1.29 is 29.0 Å². The molecule has 3 aliphatic rings. The van der Waals surface area contributed by atoms with Crippen molar-refractivity contribution in [3.05, 3.63) is 91.0 Å². The number of hydrogen-bond donors (Lipinski definition) is 0. The van der Waals surface area contributed by atoms with E-state index in [2.05, 4.69) is 0 Å². The molecule has 268 valence electrons. The van der Waals surface area contributed by atoms with Gasteiger partial charge in [0, 0.05) is 97.2 Å². The van der Waals surface area contributed by atoms with Gasteiger partial charge in [-0.2, -0.15) is 0 Å². The third-order valence-electron chi connectivity index (χ3n) is 9.97. The maximum Gasteiger partial charge on any atom is 0.293 e. The predicted octanol–water partition coefficient (Wildman–Crippen LogP) is 3.45. The minimum atomic E-state index is -0.594. The summed E-state index contributed by atoms with van der Waals surface area (Å²) in [6.45, 7) is 1.90. The van der Waals surface area contributed by atoms with E-state index in [0.717, 1.165) is 9.80 Å². The Bertz CT molecular complexity index is 2090. The van der Waals surface area contributed by atoms with Crippen molar-refractivity contribution in [2.45, 2.75) is 0 Å². The fraction of sp³-hybridized carbons (Fsp3) is 0.333. The highest BCUT2D eigenvalue weighted by molar-refractivity contribution is 6.29. The molecule has 0 bridgehead atoms. The van der Waals surface area contributed by atoms with Crippen LogP contribution in [0.2, 0.25) is 0 Å². The fourth-order valence-electron chi connectivity index (χ4n) is 7.47. The molecule has 0 N–H and O–H groups in total. The zero-order valence-electron chi connectivity index (χ0n) is 29.1. The van der Waals surface area contributed by atoms with Crippen LogP contribution in [-0.2, 0) is 0 Å². The first-order valence-electron chi connectivity index (χ1n) is 16.8. The number of nitro benzene ring substituents is 2. The van der Waals surface area contributed by atoms with Gasteiger partial charge in [0.1, 0.15) is 11.4 Å². The monoisotopic (exact) mass is 708 g/mol. The van der Waals surface area contributed by atoms with E-state index in [1.165, 1.54) is 12.1 Å². The van der Waals surface area contributed by atoms with Crippen LogP contribution in [0.1, 0.15) is 41.4 Å². The van der Waals surface area contributed by atoms with E-state index < -0.39 is 33.5 Å². The average molecular weight is 709 g/mol. The van der Waals surface area contributed by atoms with Crippen LogP contribution in [0.15, 0.2) is 48.5 Å². The highest BCUT2D eigenvalue weighted by Gasteiger charge is 2.40. The highest BCUT2D eigenvalue weighted by atomic mass is 16.6. The number of benzene rings is 4. The number of anilines is 2. The molecular weight excluding hydrogens is 672 g/mol. The standard InChI is InChI=1S/C36H36N8O8/c1-37(2)11-17-41-33(45)23-9-5-7-21-29(23)25(35(41)47)19-27(43(49)50)31(21)39-13-15-40(16-14-39)32-22-8-6-10-24-30(22)26(20-28(32)44(51)52)36(48)42(34(24)46)18-12-38(3)4/h5-10,19-20H,11-18H2,1-4H3. The summed E-state index contributed by atoms with van der Waals surface area (Å²) in [6, 6.07) is 12.3. The molecule has 0 unspecified atom stereocenters. The van der Waals surface area contributed by atoms with Gasteiger partial charge in [0.15, 0.2) is 0 Å². The zero-order chi connectivity index (χ0) is 37.2. The van der Waals surface area contributed by atoms with Gasteiger partial charge in [-0.25, -0.2) is 0 Å². The Morgan fingerprint density at radius 3 is 1.25 bits per heavy atom. The third-order valence-corrected chi connectivity index (χ3v) is 9.97. The minimum Gasteiger partial charge on any atom is -0.362 e. The lowest BCUT2D eigenvalue weighted by atomic mass is 9.91. The number of rotatable bonds is 10. The molecule has 3 heterocycles. The normalized spacial score (nSPS) is 16.0. The van der Waals surface area contributed by atoms with E-state index in [4.69, 9.17) is 0 Å². The van der Waals surface area contributed by atoms with E-state index in [1.807, 2.05) is 38.0 Å². The number of imide groups is 2. The molecule has 0 atom stereocenters. The summed E-state index contributed by atoms with van der Waals surface area (Å²) < 4.78 is 0. The van der Waals surface area contributed by atoms with E-state index in [0.29, 0.717) is 34.6 Å². The predicted molar refractivity (Wildman–Crippen MR) is 193 cm³/mol. The topological polar surface area (TPSA) is 174 Å². The van der Waals surface area contributed by atoms with E-state index in [-0.39, 0.29) is 84.3 Å². The van der Waals surface area contributed by atoms with E-state index >= 15 is 0 Å². The van der Waals surface area contributed by atoms with E-state index in [1.54, 1.807) is 46.2 Å². The smallest absolute Gasteiger partial charge is 0.293 e. The van der Waals surface area contributed by atoms with Crippen LogP contribution in [0.4, 0.5) is 22.7 Å². The lowest BCUT2D eigenvalue weighted by Gasteiger charge is -2.38. The average Bonchev–Trinajstić information content (AvgIpc) is 3.11. The van der Waals surface area contributed by atoms with Crippen LogP contribution in [0.3, 0.4) is 0 Å². The van der Waals surface area contributed by atoms with Gasteiger partial charge in [-0.3, -0.25) is 49.2 Å². The van der Waals surface area contributed by atoms with Crippen molar-refractivity contribution in [1.29, 1.82) is 0 Å². The number of carbonyl (C=O) groups is 4. The molecule has 0 aliphatic carbocycles. The Morgan fingerprint density at radius 1 is 0.577 bits per heavy atom. The molecule has 4 aromatic carbocycles. The molecule has 0 radical (unpaired) electrons. The zero-order valence-corrected chi connectivity index (χ0v) is 29.1. The Morgan fingerprint density at radius 2 is 0.923 bits per heavy atom. The van der Waals surface area contributed by atoms with Crippen LogP contribution in [0.25, 0.3) is 21.5 Å². The van der Waals surface area contributed by atoms with Crippen molar-refractivity contribution in [3.63, 3.8) is 0 Å². The lowest BCUT2D eigenvalue weighted by Crippen LogP contribution is -2.47. The van der Waals surface area contributed by atoms with Gasteiger partial charge in [-0.1, -0.05) is 24.3 Å². The number of piperazine rings is 1. The highest BCUT2D eigenvalue weighted by Crippen LogP contribution is 2.45. The minimum absolute atomic E-state index is 0.0850. The van der Waals surface area contributed by atoms with Gasteiger partial charge in [-0.15, -0.1) is 0 Å². The summed E-state index contributed by atoms with van der Waals surface area (Å²) in [5.74, 6) is -2.13. The Balaban J connectivity index is 1.27. The summed E-state index contributed by atoms with van der Waals surface area (Å²) in [5.41, 5.74) is 0.678. The van der Waals surface area contributed by atoms with Crippen molar-refractivity contribution in [1.82, 2.24) is 19.6 Å². The quantitative estimate of drug-likeness (QED) is 0.134. The van der Waals surface area contributed by atoms with Gasteiger partial charge in [0.25, 0.3) is 35.0 Å². The molecule has 7 rings (SSSR count). The molecule has 0 spiro atoms. The van der Waals surface area contributed by atoms with Crippen LogP contribution in [0, 0.1) is 20.2 Å². The van der Waals surface area contributed by atoms with Crippen LogP contribution in [0.5, 0.6) is 0 Å². The van der Waals surface area contributed by atoms with Gasteiger partial charge in [0.2, 0.25) is 0 Å². The largest absolute Gasteiger partial charge is 0.362 e. The molecule has 4 amide bonds. The number of likely N-dealkylation sites (N-methyl/N-ethyl adjacent to an activating group) is 2. The van der Waals surface area contributed by atoms with Crippen molar-refractivity contribution in [2.75, 3.05) is 90.3 Å². The summed E-state index contributed by atoms with van der Waals surface area (Å²) in [4.78, 5) is 87.9. The van der Waals surface area contributed by atoms with Crippen molar-refractivity contribution >= 4 is 67.9 Å². The molecule has 4 aromatic rings. The van der Waals surface area contributed by atoms with Gasteiger partial charge >= 0.3 is 0 Å². The number of amides is 4. The Kier molecular flexibility index (Phi) is 8.58. The first kappa shape index (κ1) is 34.4. The van der Waals surface area contributed by atoms with Crippen LogP contribution in [-0.4, -0.2) is 134 Å². The van der Waals surface area contributed by atoms with Crippen LogP contribution >= 0.6 is 0 Å². The summed E-state index contributed by atoms with van der Waals surface area (Å²) in [5, 5.41) is 26.7. The maximum absolute atomic E-state index is 13.6. The molecule has 0 saturated carbocycles. The lowest BCUT2D eigenvalue weighted by molar-refractivity contribution is -0.384. The Labute approximate surface area is 297 Å². The number of hydrogen-bond acceptors (Lipinski definition) is 12. The second-order valence-electron chi connectivity index (χ2n) is 13.7. The maximum atomic E-state index is 13.6. The molecule has 52 heavy (non-hydrogen) atoms. The van der Waals surface area contributed by atoms with Crippen molar-refractivity contribution in [2.24, 2.45) is 0 Å². The summed E-state index contributed by atoms with van der Waals surface area (Å²) in [6.07, 6.45) is 0. The molecule has 16 heteroatoms. The summed E-state index contributed by atoms with van der Waals surface area (Å²) in [7, 11) is 7.27. The molecule has 3 aliphatic heterocycles. The first-order valence-corrected chi connectivity index (χ1v) is 16.8. The molecule has 1 fully saturated rings. The third kappa shape index (κ3) is 5.47.